The normalized spacial score (nSPS) is 11.0. The van der Waals surface area contributed by atoms with Gasteiger partial charge in [0.1, 0.15) is 18.2 Å². The van der Waals surface area contributed by atoms with Gasteiger partial charge in [-0.05, 0) is 24.6 Å². The third kappa shape index (κ3) is 3.68. The molecule has 0 amide bonds. The second kappa shape index (κ2) is 8.12. The van der Waals surface area contributed by atoms with Crippen LogP contribution in [0.1, 0.15) is 35.9 Å². The van der Waals surface area contributed by atoms with Crippen LogP contribution >= 0.6 is 0 Å². The van der Waals surface area contributed by atoms with Crippen LogP contribution in [0.15, 0.2) is 33.9 Å². The summed E-state index contributed by atoms with van der Waals surface area (Å²) in [5, 5.41) is 0. The summed E-state index contributed by atoms with van der Waals surface area (Å²) in [6.07, 6.45) is 1.67. The van der Waals surface area contributed by atoms with Gasteiger partial charge in [0, 0.05) is 13.6 Å². The third-order valence-corrected chi connectivity index (χ3v) is 4.48. The zero-order valence-corrected chi connectivity index (χ0v) is 16.0. The van der Waals surface area contributed by atoms with Crippen molar-refractivity contribution in [2.75, 3.05) is 7.11 Å². The molecule has 0 aliphatic heterocycles. The Labute approximate surface area is 160 Å². The first kappa shape index (κ1) is 19.4. The number of H-pyrrole nitrogens is 1. The number of rotatable bonds is 7. The van der Waals surface area contributed by atoms with E-state index in [0.717, 1.165) is 12.8 Å². The van der Waals surface area contributed by atoms with Crippen molar-refractivity contribution < 1.29 is 14.3 Å². The molecule has 0 fully saturated rings. The molecule has 0 bridgehead atoms. The van der Waals surface area contributed by atoms with Gasteiger partial charge in [0.15, 0.2) is 11.2 Å². The van der Waals surface area contributed by atoms with Gasteiger partial charge in [-0.1, -0.05) is 19.4 Å². The molecule has 9 nitrogen and oxygen atoms in total. The van der Waals surface area contributed by atoms with E-state index in [2.05, 4.69) is 9.97 Å². The van der Waals surface area contributed by atoms with Crippen LogP contribution in [0.3, 0.4) is 0 Å². The predicted molar refractivity (Wildman–Crippen MR) is 103 cm³/mol. The summed E-state index contributed by atoms with van der Waals surface area (Å²) in [4.78, 5) is 43.4. The molecule has 0 aliphatic carbocycles. The number of imidazole rings is 1. The minimum Gasteiger partial charge on any atom is -0.497 e. The molecule has 2 aromatic heterocycles. The van der Waals surface area contributed by atoms with Crippen molar-refractivity contribution in [1.29, 1.82) is 0 Å². The average molecular weight is 386 g/mol. The highest BCUT2D eigenvalue weighted by Crippen LogP contribution is 2.15. The summed E-state index contributed by atoms with van der Waals surface area (Å²) >= 11 is 0. The maximum atomic E-state index is 12.3. The number of ether oxygens (including phenoxy) is 2. The molecule has 0 aliphatic rings. The summed E-state index contributed by atoms with van der Waals surface area (Å²) in [5.41, 5.74) is -0.117. The van der Waals surface area contributed by atoms with E-state index < -0.39 is 17.2 Å². The van der Waals surface area contributed by atoms with Crippen molar-refractivity contribution >= 4 is 17.1 Å². The van der Waals surface area contributed by atoms with Crippen molar-refractivity contribution in [2.24, 2.45) is 7.05 Å². The van der Waals surface area contributed by atoms with E-state index in [1.165, 1.54) is 16.2 Å². The topological polar surface area (TPSA) is 108 Å². The quantitative estimate of drug-likeness (QED) is 0.618. The monoisotopic (exact) mass is 386 g/mol. The van der Waals surface area contributed by atoms with E-state index in [1.54, 1.807) is 31.3 Å². The number of benzene rings is 1. The standard InChI is InChI=1S/C19H22N4O5/c1-4-5-9-23-16-15(17(24)21-19(23)26)22(2)14(20-16)11-28-18(25)12-7-6-8-13(10-12)27-3/h6-8,10H,4-5,9,11H2,1-3H3,(H,21,24,26). The van der Waals surface area contributed by atoms with Crippen LogP contribution in [0.25, 0.3) is 11.2 Å². The molecule has 0 spiro atoms. The fraction of sp³-hybridized carbons (Fsp3) is 0.368. The lowest BCUT2D eigenvalue weighted by atomic mass is 10.2. The van der Waals surface area contributed by atoms with E-state index in [9.17, 15) is 14.4 Å². The van der Waals surface area contributed by atoms with Gasteiger partial charge in [-0.15, -0.1) is 0 Å². The smallest absolute Gasteiger partial charge is 0.338 e. The number of fused-ring (bicyclic) bond motifs is 1. The Morgan fingerprint density at radius 3 is 2.79 bits per heavy atom. The van der Waals surface area contributed by atoms with E-state index in [-0.39, 0.29) is 17.8 Å². The van der Waals surface area contributed by atoms with Crippen molar-refractivity contribution in [3.8, 4) is 5.75 Å². The summed E-state index contributed by atoms with van der Waals surface area (Å²) < 4.78 is 13.4. The fourth-order valence-electron chi connectivity index (χ4n) is 2.91. The Hall–Kier alpha value is -3.36. The van der Waals surface area contributed by atoms with Gasteiger partial charge in [-0.3, -0.25) is 14.3 Å². The maximum Gasteiger partial charge on any atom is 0.338 e. The van der Waals surface area contributed by atoms with Gasteiger partial charge in [-0.25, -0.2) is 14.6 Å². The number of methoxy groups -OCH3 is 1. The highest BCUT2D eigenvalue weighted by Gasteiger charge is 2.18. The van der Waals surface area contributed by atoms with Gasteiger partial charge in [0.05, 0.1) is 12.7 Å². The number of aromatic amines is 1. The Morgan fingerprint density at radius 2 is 2.07 bits per heavy atom. The first-order chi connectivity index (χ1) is 13.5. The number of aryl methyl sites for hydroxylation is 2. The Kier molecular flexibility index (Phi) is 5.62. The third-order valence-electron chi connectivity index (χ3n) is 4.48. The molecule has 0 atom stereocenters. The number of nitrogens with zero attached hydrogens (tertiary/aromatic N) is 3. The van der Waals surface area contributed by atoms with Crippen molar-refractivity contribution in [1.82, 2.24) is 19.1 Å². The molecule has 0 saturated heterocycles. The van der Waals surface area contributed by atoms with Gasteiger partial charge in [0.2, 0.25) is 0 Å². The molecule has 0 unspecified atom stereocenters. The second-order valence-electron chi connectivity index (χ2n) is 6.33. The molecule has 2 heterocycles. The van der Waals surface area contributed by atoms with Gasteiger partial charge >= 0.3 is 11.7 Å². The maximum absolute atomic E-state index is 12.3. The van der Waals surface area contributed by atoms with Crippen LogP contribution in [0.4, 0.5) is 0 Å². The molecular formula is C19H22N4O5. The molecule has 9 heteroatoms. The van der Waals surface area contributed by atoms with E-state index >= 15 is 0 Å². The Morgan fingerprint density at radius 1 is 1.29 bits per heavy atom. The average Bonchev–Trinajstić information content (AvgIpc) is 3.02. The minimum absolute atomic E-state index is 0.136. The number of hydrogen-bond donors (Lipinski definition) is 1. The predicted octanol–water partition coefficient (Wildman–Crippen LogP) is 1.59. The zero-order valence-electron chi connectivity index (χ0n) is 16.0. The summed E-state index contributed by atoms with van der Waals surface area (Å²) in [6.45, 7) is 2.32. The molecule has 0 saturated carbocycles. The van der Waals surface area contributed by atoms with Crippen molar-refractivity contribution in [3.05, 3.63) is 56.5 Å². The summed E-state index contributed by atoms with van der Waals surface area (Å²) in [5.74, 6) is 0.375. The van der Waals surface area contributed by atoms with Gasteiger partial charge < -0.3 is 14.0 Å². The number of nitrogens with one attached hydrogen (secondary N) is 1. The number of aromatic nitrogens is 4. The Bertz CT molecular complexity index is 1130. The first-order valence-corrected chi connectivity index (χ1v) is 8.95. The van der Waals surface area contributed by atoms with Gasteiger partial charge in [-0.2, -0.15) is 0 Å². The largest absolute Gasteiger partial charge is 0.497 e. The summed E-state index contributed by atoms with van der Waals surface area (Å²) in [7, 11) is 3.16. The van der Waals surface area contributed by atoms with Crippen LogP contribution in [0, 0.1) is 0 Å². The summed E-state index contributed by atoms with van der Waals surface area (Å²) in [6, 6.07) is 6.61. The highest BCUT2D eigenvalue weighted by atomic mass is 16.5. The fourth-order valence-corrected chi connectivity index (χ4v) is 2.91. The molecule has 1 aromatic carbocycles. The van der Waals surface area contributed by atoms with Crippen LogP contribution in [0.5, 0.6) is 5.75 Å². The van der Waals surface area contributed by atoms with E-state index in [1.807, 2.05) is 6.92 Å². The lowest BCUT2D eigenvalue weighted by Crippen LogP contribution is -2.31. The number of carbonyl (C=O) groups excluding carboxylic acids is 1. The lowest BCUT2D eigenvalue weighted by molar-refractivity contribution is 0.0459. The van der Waals surface area contributed by atoms with Crippen LogP contribution in [0.2, 0.25) is 0 Å². The molecule has 1 N–H and O–H groups in total. The van der Waals surface area contributed by atoms with Crippen molar-refractivity contribution in [2.45, 2.75) is 32.9 Å². The number of hydrogen-bond acceptors (Lipinski definition) is 6. The second-order valence-corrected chi connectivity index (χ2v) is 6.33. The number of esters is 1. The van der Waals surface area contributed by atoms with Crippen molar-refractivity contribution in [3.63, 3.8) is 0 Å². The molecule has 28 heavy (non-hydrogen) atoms. The van der Waals surface area contributed by atoms with Crippen LogP contribution in [-0.2, 0) is 24.9 Å². The molecular weight excluding hydrogens is 364 g/mol. The molecule has 3 aromatic rings. The number of carbonyl (C=O) groups is 1. The minimum atomic E-state index is -0.539. The zero-order chi connectivity index (χ0) is 20.3. The van der Waals surface area contributed by atoms with Gasteiger partial charge in [0.25, 0.3) is 5.56 Å². The van der Waals surface area contributed by atoms with E-state index in [4.69, 9.17) is 9.47 Å². The first-order valence-electron chi connectivity index (χ1n) is 8.95. The van der Waals surface area contributed by atoms with Crippen LogP contribution < -0.4 is 16.0 Å². The number of unbranched alkanes of at least 4 members (excludes halogenated alkanes) is 1. The Balaban J connectivity index is 1.90. The highest BCUT2D eigenvalue weighted by molar-refractivity contribution is 5.89. The van der Waals surface area contributed by atoms with Crippen LogP contribution in [-0.4, -0.2) is 32.2 Å². The molecule has 148 valence electrons. The SMILES string of the molecule is CCCCn1c(=O)[nH]c(=O)c2c1nc(COC(=O)c1cccc(OC)c1)n2C. The lowest BCUT2D eigenvalue weighted by Gasteiger charge is -2.06. The molecule has 0 radical (unpaired) electrons. The van der Waals surface area contributed by atoms with E-state index in [0.29, 0.717) is 23.7 Å². The molecule has 3 rings (SSSR count).